The maximum absolute atomic E-state index is 13.0. The minimum absolute atomic E-state index is 0.101. The van der Waals surface area contributed by atoms with Gasteiger partial charge in [-0.3, -0.25) is 10.1 Å². The molecule has 0 radical (unpaired) electrons. The van der Waals surface area contributed by atoms with Gasteiger partial charge in [0.1, 0.15) is 11.5 Å². The molecule has 1 aromatic heterocycles. The molecule has 0 aliphatic heterocycles. The molecule has 1 heterocycles. The molecule has 0 bridgehead atoms. The Bertz CT molecular complexity index is 1150. The van der Waals surface area contributed by atoms with Crippen molar-refractivity contribution in [1.82, 2.24) is 9.78 Å². The molecule has 0 atom stereocenters. The highest BCUT2D eigenvalue weighted by Gasteiger charge is 2.22. The number of ketones is 1. The lowest BCUT2D eigenvalue weighted by Crippen LogP contribution is -2.22. The molecule has 0 spiro atoms. The lowest BCUT2D eigenvalue weighted by molar-refractivity contribution is 0.0982. The Kier molecular flexibility index (Phi) is 8.49. The van der Waals surface area contributed by atoms with E-state index in [0.717, 1.165) is 17.7 Å². The van der Waals surface area contributed by atoms with Crippen LogP contribution in [0.15, 0.2) is 42.5 Å². The van der Waals surface area contributed by atoms with E-state index in [0.29, 0.717) is 52.3 Å². The third-order valence-corrected chi connectivity index (χ3v) is 5.85. The summed E-state index contributed by atoms with van der Waals surface area (Å²) in [6.45, 7) is 4.12. The van der Waals surface area contributed by atoms with Gasteiger partial charge in [-0.05, 0) is 49.6 Å². The first-order valence-electron chi connectivity index (χ1n) is 10.6. The number of carbonyl (C=O) groups is 2. The van der Waals surface area contributed by atoms with Crippen LogP contribution in [0.4, 0.5) is 16.3 Å². The van der Waals surface area contributed by atoms with Crippen LogP contribution >= 0.6 is 23.2 Å². The number of hydrogen-bond donors (Lipinski definition) is 2. The van der Waals surface area contributed by atoms with E-state index in [9.17, 15) is 9.59 Å². The molecule has 2 amide bonds. The number of nitrogens with zero attached hydrogens (tertiary/aromatic N) is 2. The zero-order valence-electron chi connectivity index (χ0n) is 18.7. The van der Waals surface area contributed by atoms with E-state index >= 15 is 0 Å². The summed E-state index contributed by atoms with van der Waals surface area (Å²) in [4.78, 5) is 25.4. The van der Waals surface area contributed by atoms with E-state index in [-0.39, 0.29) is 5.78 Å². The Labute approximate surface area is 203 Å². The zero-order valence-corrected chi connectivity index (χ0v) is 20.3. The number of urea groups is 1. The van der Waals surface area contributed by atoms with E-state index in [1.165, 1.54) is 0 Å². The van der Waals surface area contributed by atoms with Gasteiger partial charge in [-0.1, -0.05) is 48.3 Å². The topological polar surface area (TPSA) is 85.2 Å². The minimum atomic E-state index is -0.489. The molecule has 9 heteroatoms. The lowest BCUT2D eigenvalue weighted by atomic mass is 10.1. The second-order valence-corrected chi connectivity index (χ2v) is 8.26. The Morgan fingerprint density at radius 2 is 1.79 bits per heavy atom. The van der Waals surface area contributed by atoms with Gasteiger partial charge in [-0.15, -0.1) is 0 Å². The van der Waals surface area contributed by atoms with Crippen LogP contribution < -0.4 is 10.6 Å². The van der Waals surface area contributed by atoms with Crippen molar-refractivity contribution in [3.8, 4) is 5.69 Å². The molecule has 33 heavy (non-hydrogen) atoms. The maximum atomic E-state index is 13.0. The predicted molar refractivity (Wildman–Crippen MR) is 132 cm³/mol. The summed E-state index contributed by atoms with van der Waals surface area (Å²) >= 11 is 12.4. The molecule has 0 aliphatic rings. The average molecular weight is 489 g/mol. The van der Waals surface area contributed by atoms with Crippen molar-refractivity contribution >= 4 is 46.5 Å². The van der Waals surface area contributed by atoms with Crippen LogP contribution in [-0.4, -0.2) is 35.3 Å². The van der Waals surface area contributed by atoms with Gasteiger partial charge in [-0.2, -0.15) is 5.10 Å². The molecular formula is C24H26Cl2N4O3. The smallest absolute Gasteiger partial charge is 0.324 e. The number of anilines is 2. The molecule has 7 nitrogen and oxygen atoms in total. The van der Waals surface area contributed by atoms with Gasteiger partial charge in [0, 0.05) is 31.4 Å². The Morgan fingerprint density at radius 3 is 2.45 bits per heavy atom. The molecule has 174 valence electrons. The van der Waals surface area contributed by atoms with Gasteiger partial charge in [-0.25, -0.2) is 9.48 Å². The van der Waals surface area contributed by atoms with Crippen LogP contribution in [-0.2, 0) is 11.2 Å². The summed E-state index contributed by atoms with van der Waals surface area (Å²) in [5, 5.41) is 10.9. The van der Waals surface area contributed by atoms with E-state index in [4.69, 9.17) is 27.9 Å². The first kappa shape index (κ1) is 24.8. The van der Waals surface area contributed by atoms with E-state index < -0.39 is 6.03 Å². The summed E-state index contributed by atoms with van der Waals surface area (Å²) in [5.41, 5.74) is 3.03. The third-order valence-electron chi connectivity index (χ3n) is 5.13. The largest absolute Gasteiger partial charge is 0.385 e. The SMILES string of the molecule is CCC(=O)c1nn(-c2ccccc2)c(NC(=O)Nc2cc(Cl)c(Cl)cc2CCCOC)c1C. The molecule has 0 saturated carbocycles. The van der Waals surface area contributed by atoms with Gasteiger partial charge < -0.3 is 10.1 Å². The number of ether oxygens (including phenoxy) is 1. The summed E-state index contributed by atoms with van der Waals surface area (Å²) in [5.74, 6) is 0.312. The van der Waals surface area contributed by atoms with Gasteiger partial charge >= 0.3 is 6.03 Å². The second-order valence-electron chi connectivity index (χ2n) is 7.45. The first-order valence-corrected chi connectivity index (χ1v) is 11.3. The van der Waals surface area contributed by atoms with Gasteiger partial charge in [0.2, 0.25) is 0 Å². The summed E-state index contributed by atoms with van der Waals surface area (Å²) < 4.78 is 6.68. The number of benzene rings is 2. The summed E-state index contributed by atoms with van der Waals surface area (Å²) in [6, 6.07) is 12.2. The minimum Gasteiger partial charge on any atom is -0.385 e. The number of nitrogens with one attached hydrogen (secondary N) is 2. The van der Waals surface area contributed by atoms with Crippen LogP contribution in [0.3, 0.4) is 0 Å². The van der Waals surface area contributed by atoms with Crippen molar-refractivity contribution in [2.75, 3.05) is 24.4 Å². The fourth-order valence-corrected chi connectivity index (χ4v) is 3.76. The number of para-hydroxylation sites is 1. The van der Waals surface area contributed by atoms with Crippen molar-refractivity contribution < 1.29 is 14.3 Å². The standard InChI is InChI=1S/C24H26Cl2N4O3/c1-4-21(31)22-15(2)23(30(29-22)17-10-6-5-7-11-17)28-24(32)27-20-14-19(26)18(25)13-16(20)9-8-12-33-3/h5-7,10-11,13-14H,4,8-9,12H2,1-3H3,(H2,27,28,32). The van der Waals surface area contributed by atoms with Crippen molar-refractivity contribution in [1.29, 1.82) is 0 Å². The fraction of sp³-hybridized carbons (Fsp3) is 0.292. The van der Waals surface area contributed by atoms with Crippen molar-refractivity contribution in [3.63, 3.8) is 0 Å². The number of hydrogen-bond acceptors (Lipinski definition) is 4. The number of rotatable bonds is 9. The van der Waals surface area contributed by atoms with Crippen LogP contribution in [0.1, 0.15) is 41.4 Å². The number of carbonyl (C=O) groups excluding carboxylic acids is 2. The van der Waals surface area contributed by atoms with Crippen LogP contribution in [0.2, 0.25) is 10.0 Å². The molecule has 2 N–H and O–H groups in total. The Morgan fingerprint density at radius 1 is 1.09 bits per heavy atom. The highest BCUT2D eigenvalue weighted by Crippen LogP contribution is 2.31. The fourth-order valence-electron chi connectivity index (χ4n) is 3.41. The Hall–Kier alpha value is -2.87. The van der Waals surface area contributed by atoms with Gasteiger partial charge in [0.25, 0.3) is 0 Å². The second kappa shape index (κ2) is 11.3. The maximum Gasteiger partial charge on any atom is 0.324 e. The average Bonchev–Trinajstić information content (AvgIpc) is 3.13. The zero-order chi connectivity index (χ0) is 24.0. The lowest BCUT2D eigenvalue weighted by Gasteiger charge is -2.15. The van der Waals surface area contributed by atoms with E-state index in [1.54, 1.807) is 37.8 Å². The number of halogens is 2. The van der Waals surface area contributed by atoms with Crippen LogP contribution in [0.5, 0.6) is 0 Å². The third kappa shape index (κ3) is 5.93. The Balaban J connectivity index is 1.91. The molecule has 0 aliphatic carbocycles. The molecule has 3 aromatic rings. The van der Waals surface area contributed by atoms with Crippen LogP contribution in [0.25, 0.3) is 5.69 Å². The highest BCUT2D eigenvalue weighted by molar-refractivity contribution is 6.42. The molecule has 2 aromatic carbocycles. The number of Topliss-reactive ketones (excluding diaryl/α,β-unsaturated/α-hetero) is 1. The van der Waals surface area contributed by atoms with Crippen molar-refractivity contribution in [3.05, 3.63) is 69.3 Å². The van der Waals surface area contributed by atoms with E-state index in [2.05, 4.69) is 15.7 Å². The molecule has 0 unspecified atom stereocenters. The number of aromatic nitrogens is 2. The first-order chi connectivity index (χ1) is 15.8. The molecule has 0 fully saturated rings. The number of aryl methyl sites for hydroxylation is 1. The van der Waals surface area contributed by atoms with Crippen LogP contribution in [0, 0.1) is 6.92 Å². The monoisotopic (exact) mass is 488 g/mol. The molecule has 0 saturated heterocycles. The predicted octanol–water partition coefficient (Wildman–Crippen LogP) is 6.30. The van der Waals surface area contributed by atoms with Crippen molar-refractivity contribution in [2.45, 2.75) is 33.1 Å². The number of methoxy groups -OCH3 is 1. The van der Waals surface area contributed by atoms with Crippen molar-refractivity contribution in [2.24, 2.45) is 0 Å². The molecular weight excluding hydrogens is 463 g/mol. The van der Waals surface area contributed by atoms with Gasteiger partial charge in [0.15, 0.2) is 5.78 Å². The number of amides is 2. The summed E-state index contributed by atoms with van der Waals surface area (Å²) in [7, 11) is 1.64. The normalized spacial score (nSPS) is 10.8. The molecule has 3 rings (SSSR count). The summed E-state index contributed by atoms with van der Waals surface area (Å²) in [6.07, 6.45) is 1.72. The van der Waals surface area contributed by atoms with Gasteiger partial charge in [0.05, 0.1) is 15.7 Å². The quantitative estimate of drug-likeness (QED) is 0.273. The van der Waals surface area contributed by atoms with E-state index in [1.807, 2.05) is 30.3 Å². The highest BCUT2D eigenvalue weighted by atomic mass is 35.5.